The number of esters is 1. The van der Waals surface area contributed by atoms with E-state index in [2.05, 4.69) is 20.6 Å². The first-order valence-electron chi connectivity index (χ1n) is 9.26. The molecule has 7 nitrogen and oxygen atoms in total. The van der Waals surface area contributed by atoms with Crippen LogP contribution in [0.5, 0.6) is 0 Å². The van der Waals surface area contributed by atoms with Gasteiger partial charge in [0.15, 0.2) is 5.13 Å². The molecule has 0 saturated carbocycles. The maximum atomic E-state index is 12.8. The molecule has 0 unspecified atom stereocenters. The number of hydrogen-bond donors (Lipinski definition) is 1. The van der Waals surface area contributed by atoms with E-state index >= 15 is 0 Å². The van der Waals surface area contributed by atoms with Crippen LogP contribution in [0.1, 0.15) is 28.9 Å². The molecule has 0 bridgehead atoms. The Morgan fingerprint density at radius 2 is 2.00 bits per heavy atom. The van der Waals surface area contributed by atoms with Crippen molar-refractivity contribution in [3.63, 3.8) is 0 Å². The molecule has 8 heteroatoms. The Labute approximate surface area is 169 Å². The summed E-state index contributed by atoms with van der Waals surface area (Å²) in [6.07, 6.45) is 1.59. The van der Waals surface area contributed by atoms with Crippen LogP contribution in [0.15, 0.2) is 23.6 Å². The number of carbonyl (C=O) groups is 2. The Kier molecular flexibility index (Phi) is 6.18. The summed E-state index contributed by atoms with van der Waals surface area (Å²) < 4.78 is 4.78. The molecule has 150 valence electrons. The van der Waals surface area contributed by atoms with Crippen molar-refractivity contribution < 1.29 is 14.3 Å². The van der Waals surface area contributed by atoms with E-state index in [4.69, 9.17) is 4.74 Å². The highest BCUT2D eigenvalue weighted by Crippen LogP contribution is 2.29. The van der Waals surface area contributed by atoms with Crippen LogP contribution < -0.4 is 15.1 Å². The molecule has 28 heavy (non-hydrogen) atoms. The van der Waals surface area contributed by atoms with Crippen LogP contribution in [0.3, 0.4) is 0 Å². The predicted octanol–water partition coefficient (Wildman–Crippen LogP) is 3.16. The van der Waals surface area contributed by atoms with Gasteiger partial charge in [0.2, 0.25) is 5.91 Å². The lowest BCUT2D eigenvalue weighted by Crippen LogP contribution is -2.38. The van der Waals surface area contributed by atoms with E-state index in [9.17, 15) is 9.59 Å². The first kappa shape index (κ1) is 20.1. The number of aromatic nitrogens is 1. The molecular weight excluding hydrogens is 376 g/mol. The van der Waals surface area contributed by atoms with Crippen LogP contribution in [-0.2, 0) is 9.53 Å². The zero-order chi connectivity index (χ0) is 20.3. The van der Waals surface area contributed by atoms with Crippen LogP contribution in [0.25, 0.3) is 0 Å². The van der Waals surface area contributed by atoms with Gasteiger partial charge in [-0.2, -0.15) is 0 Å². The van der Waals surface area contributed by atoms with Crippen LogP contribution in [0, 0.1) is 12.8 Å². The first-order valence-corrected chi connectivity index (χ1v) is 10.1. The molecule has 1 fully saturated rings. The summed E-state index contributed by atoms with van der Waals surface area (Å²) in [6.45, 7) is 3.65. The van der Waals surface area contributed by atoms with Gasteiger partial charge in [-0.1, -0.05) is 0 Å². The third kappa shape index (κ3) is 4.44. The fourth-order valence-electron chi connectivity index (χ4n) is 3.31. The number of nitrogens with one attached hydrogen (secondary N) is 1. The van der Waals surface area contributed by atoms with E-state index in [0.717, 1.165) is 42.4 Å². The van der Waals surface area contributed by atoms with E-state index in [1.807, 2.05) is 25.9 Å². The summed E-state index contributed by atoms with van der Waals surface area (Å²) in [4.78, 5) is 33.2. The Morgan fingerprint density at radius 3 is 2.57 bits per heavy atom. The van der Waals surface area contributed by atoms with Gasteiger partial charge in [0.1, 0.15) is 0 Å². The van der Waals surface area contributed by atoms with Crippen molar-refractivity contribution in [2.24, 2.45) is 5.92 Å². The van der Waals surface area contributed by atoms with Gasteiger partial charge < -0.3 is 19.9 Å². The number of thiazole rings is 1. The van der Waals surface area contributed by atoms with Crippen molar-refractivity contribution in [1.29, 1.82) is 0 Å². The molecule has 3 rings (SSSR count). The van der Waals surface area contributed by atoms with Crippen molar-refractivity contribution in [1.82, 2.24) is 4.98 Å². The van der Waals surface area contributed by atoms with Crippen LogP contribution in [-0.4, -0.2) is 51.2 Å². The number of anilines is 3. The molecule has 0 atom stereocenters. The molecule has 2 aromatic rings. The minimum atomic E-state index is -0.397. The number of amides is 1. The van der Waals surface area contributed by atoms with Crippen LogP contribution in [0.2, 0.25) is 0 Å². The number of piperidine rings is 1. The average molecular weight is 403 g/mol. The van der Waals surface area contributed by atoms with Crippen molar-refractivity contribution in [2.75, 3.05) is 49.4 Å². The maximum absolute atomic E-state index is 12.8. The Hall–Kier alpha value is -2.61. The first-order chi connectivity index (χ1) is 13.4. The second-order valence-electron chi connectivity index (χ2n) is 7.14. The summed E-state index contributed by atoms with van der Waals surface area (Å²) in [5.74, 6) is -0.415. The summed E-state index contributed by atoms with van der Waals surface area (Å²) in [5, 5.41) is 6.12. The predicted molar refractivity (Wildman–Crippen MR) is 113 cm³/mol. The van der Waals surface area contributed by atoms with Gasteiger partial charge >= 0.3 is 5.97 Å². The van der Waals surface area contributed by atoms with Gasteiger partial charge in [0.05, 0.1) is 29.7 Å². The smallest absolute Gasteiger partial charge is 0.337 e. The number of ether oxygens (including phenoxy) is 1. The van der Waals surface area contributed by atoms with Crippen molar-refractivity contribution in [2.45, 2.75) is 19.8 Å². The second kappa shape index (κ2) is 8.60. The fourth-order valence-corrected chi connectivity index (χ4v) is 4.16. The number of rotatable bonds is 5. The zero-order valence-electron chi connectivity index (χ0n) is 16.7. The second-order valence-corrected chi connectivity index (χ2v) is 7.98. The molecule has 1 N–H and O–H groups in total. The highest BCUT2D eigenvalue weighted by molar-refractivity contribution is 7.13. The Bertz CT molecular complexity index is 857. The monoisotopic (exact) mass is 402 g/mol. The summed E-state index contributed by atoms with van der Waals surface area (Å²) in [6, 6.07) is 5.16. The topological polar surface area (TPSA) is 74.8 Å². The third-order valence-corrected chi connectivity index (χ3v) is 5.92. The summed E-state index contributed by atoms with van der Waals surface area (Å²) in [7, 11) is 5.10. The van der Waals surface area contributed by atoms with E-state index in [1.54, 1.807) is 29.5 Å². The number of methoxy groups -OCH3 is 1. The van der Waals surface area contributed by atoms with E-state index in [1.165, 1.54) is 7.11 Å². The van der Waals surface area contributed by atoms with Crippen LogP contribution >= 0.6 is 11.3 Å². The quantitative estimate of drug-likeness (QED) is 0.775. The molecule has 0 spiro atoms. The standard InChI is InChI=1S/C20H26N4O3S/c1-13-12-28-20(21-13)24-9-7-14(8-10-24)18(25)22-16-6-5-15(19(26)27-4)11-17(16)23(2)3/h5-6,11-12,14H,7-10H2,1-4H3,(H,22,25). The van der Waals surface area contributed by atoms with Gasteiger partial charge in [-0.3, -0.25) is 4.79 Å². The van der Waals surface area contributed by atoms with Gasteiger partial charge in [-0.05, 0) is 38.0 Å². The van der Waals surface area contributed by atoms with Crippen molar-refractivity contribution in [3.05, 3.63) is 34.8 Å². The Morgan fingerprint density at radius 1 is 1.29 bits per heavy atom. The summed E-state index contributed by atoms with van der Waals surface area (Å²) >= 11 is 1.65. The SMILES string of the molecule is COC(=O)c1ccc(NC(=O)C2CCN(c3nc(C)cs3)CC2)c(N(C)C)c1. The number of hydrogen-bond acceptors (Lipinski definition) is 7. The molecule has 1 aromatic heterocycles. The van der Waals surface area contributed by atoms with Crippen molar-refractivity contribution in [3.8, 4) is 0 Å². The average Bonchev–Trinajstić information content (AvgIpc) is 3.14. The van der Waals surface area contributed by atoms with Crippen molar-refractivity contribution >= 4 is 39.7 Å². The van der Waals surface area contributed by atoms with E-state index in [-0.39, 0.29) is 11.8 Å². The molecule has 0 aliphatic carbocycles. The highest BCUT2D eigenvalue weighted by atomic mass is 32.1. The molecule has 2 heterocycles. The molecule has 1 aliphatic heterocycles. The largest absolute Gasteiger partial charge is 0.465 e. The number of aryl methyl sites for hydroxylation is 1. The van der Waals surface area contributed by atoms with Gasteiger partial charge in [0, 0.05) is 38.5 Å². The normalized spacial score (nSPS) is 14.6. The third-order valence-electron chi connectivity index (χ3n) is 4.90. The molecule has 1 aliphatic rings. The minimum absolute atomic E-state index is 0.0175. The lowest BCUT2D eigenvalue weighted by atomic mass is 9.96. The van der Waals surface area contributed by atoms with Gasteiger partial charge in [-0.25, -0.2) is 9.78 Å². The number of carbonyl (C=O) groups excluding carboxylic acids is 2. The highest BCUT2D eigenvalue weighted by Gasteiger charge is 2.27. The van der Waals surface area contributed by atoms with E-state index < -0.39 is 5.97 Å². The minimum Gasteiger partial charge on any atom is -0.465 e. The Balaban J connectivity index is 1.65. The number of nitrogens with zero attached hydrogens (tertiary/aromatic N) is 3. The maximum Gasteiger partial charge on any atom is 0.337 e. The van der Waals surface area contributed by atoms with E-state index in [0.29, 0.717) is 11.3 Å². The van der Waals surface area contributed by atoms with Crippen LogP contribution in [0.4, 0.5) is 16.5 Å². The molecule has 1 aromatic carbocycles. The molecule has 1 amide bonds. The molecule has 0 radical (unpaired) electrons. The molecular formula is C20H26N4O3S. The summed E-state index contributed by atoms with van der Waals surface area (Å²) in [5.41, 5.74) is 2.95. The van der Waals surface area contributed by atoms with Gasteiger partial charge in [0.25, 0.3) is 0 Å². The molecule has 1 saturated heterocycles. The lowest BCUT2D eigenvalue weighted by Gasteiger charge is -2.31. The zero-order valence-corrected chi connectivity index (χ0v) is 17.5. The lowest BCUT2D eigenvalue weighted by molar-refractivity contribution is -0.120. The van der Waals surface area contributed by atoms with Gasteiger partial charge in [-0.15, -0.1) is 11.3 Å². The number of benzene rings is 1. The fraction of sp³-hybridized carbons (Fsp3) is 0.450.